The summed E-state index contributed by atoms with van der Waals surface area (Å²) in [6.07, 6.45) is 6.12. The largest absolute Gasteiger partial charge is 0.398 e. The minimum atomic E-state index is -3.49. The lowest BCUT2D eigenvalue weighted by Gasteiger charge is -2.30. The van der Waals surface area contributed by atoms with E-state index in [-0.39, 0.29) is 10.6 Å². The summed E-state index contributed by atoms with van der Waals surface area (Å²) in [5.41, 5.74) is 7.05. The predicted molar refractivity (Wildman–Crippen MR) is 86.8 cm³/mol. The molecule has 0 spiro atoms. The van der Waals surface area contributed by atoms with E-state index < -0.39 is 10.0 Å². The fraction of sp³-hybridized carbons (Fsp3) is 0.600. The Labute approximate surface area is 127 Å². The number of nitrogens with one attached hydrogen (secondary N) is 2. The molecule has 4 N–H and O–H groups in total. The quantitative estimate of drug-likeness (QED) is 0.730. The lowest BCUT2D eigenvalue weighted by molar-refractivity contribution is 0.327. The molecule has 2 unspecified atom stereocenters. The van der Waals surface area contributed by atoms with Gasteiger partial charge in [0.25, 0.3) is 0 Å². The Bertz CT molecular complexity index is 587. The van der Waals surface area contributed by atoms with E-state index in [9.17, 15) is 8.42 Å². The highest BCUT2D eigenvalue weighted by atomic mass is 32.2. The van der Waals surface area contributed by atoms with Crippen LogP contribution in [0.5, 0.6) is 0 Å². The molecule has 5 nitrogen and oxygen atoms in total. The van der Waals surface area contributed by atoms with Crippen LogP contribution in [0.25, 0.3) is 0 Å². The fourth-order valence-corrected chi connectivity index (χ4v) is 3.86. The average Bonchev–Trinajstić information content (AvgIpc) is 2.47. The van der Waals surface area contributed by atoms with E-state index in [1.165, 1.54) is 32.7 Å². The molecule has 6 heteroatoms. The molecule has 1 saturated carbocycles. The van der Waals surface area contributed by atoms with Crippen LogP contribution in [0.1, 0.15) is 39.0 Å². The van der Waals surface area contributed by atoms with E-state index >= 15 is 0 Å². The second-order valence-electron chi connectivity index (χ2n) is 5.74. The zero-order chi connectivity index (χ0) is 15.5. The zero-order valence-electron chi connectivity index (χ0n) is 12.7. The maximum absolute atomic E-state index is 11.8. The van der Waals surface area contributed by atoms with Crippen LogP contribution in [0.4, 0.5) is 11.4 Å². The maximum atomic E-state index is 11.8. The van der Waals surface area contributed by atoms with Crippen molar-refractivity contribution in [2.75, 3.05) is 18.1 Å². The van der Waals surface area contributed by atoms with Crippen molar-refractivity contribution in [2.45, 2.75) is 50.0 Å². The lowest BCUT2D eigenvalue weighted by atomic mass is 9.84. The molecule has 1 aliphatic carbocycles. The molecule has 0 aromatic heterocycles. The van der Waals surface area contributed by atoms with Crippen molar-refractivity contribution in [1.82, 2.24) is 4.72 Å². The van der Waals surface area contributed by atoms with E-state index in [0.29, 0.717) is 6.04 Å². The Kier molecular flexibility index (Phi) is 5.11. The van der Waals surface area contributed by atoms with Gasteiger partial charge in [0.15, 0.2) is 0 Å². The van der Waals surface area contributed by atoms with E-state index in [2.05, 4.69) is 17.0 Å². The van der Waals surface area contributed by atoms with Crippen molar-refractivity contribution >= 4 is 21.4 Å². The van der Waals surface area contributed by atoms with Gasteiger partial charge in [-0.25, -0.2) is 13.1 Å². The molecule has 21 heavy (non-hydrogen) atoms. The Hall–Kier alpha value is -1.27. The standard InChI is InChI=1S/C15H25N3O2S/c1-3-11-5-4-6-12(9-11)18-13-7-8-15(14(16)10-13)21(19,20)17-2/h7-8,10-12,17-18H,3-6,9,16H2,1-2H3. The molecular weight excluding hydrogens is 286 g/mol. The molecule has 0 saturated heterocycles. The molecule has 1 aliphatic rings. The van der Waals surface area contributed by atoms with Crippen molar-refractivity contribution in [3.8, 4) is 0 Å². The van der Waals surface area contributed by atoms with Crippen molar-refractivity contribution in [2.24, 2.45) is 5.92 Å². The minimum Gasteiger partial charge on any atom is -0.398 e. The van der Waals surface area contributed by atoms with Crippen LogP contribution in [-0.4, -0.2) is 21.5 Å². The number of rotatable bonds is 5. The van der Waals surface area contributed by atoms with Crippen LogP contribution >= 0.6 is 0 Å². The van der Waals surface area contributed by atoms with E-state index in [1.54, 1.807) is 18.2 Å². The summed E-state index contributed by atoms with van der Waals surface area (Å²) in [5.74, 6) is 0.789. The molecule has 2 rings (SSSR count). The highest BCUT2D eigenvalue weighted by Gasteiger charge is 2.21. The smallest absolute Gasteiger partial charge is 0.242 e. The van der Waals surface area contributed by atoms with Crippen LogP contribution < -0.4 is 15.8 Å². The summed E-state index contributed by atoms with van der Waals surface area (Å²) in [5, 5.41) is 3.49. The van der Waals surface area contributed by atoms with Gasteiger partial charge in [0.2, 0.25) is 10.0 Å². The number of benzene rings is 1. The highest BCUT2D eigenvalue weighted by Crippen LogP contribution is 2.30. The van der Waals surface area contributed by atoms with Crippen LogP contribution in [0.15, 0.2) is 23.1 Å². The molecule has 0 bridgehead atoms. The summed E-state index contributed by atoms with van der Waals surface area (Å²) < 4.78 is 25.9. The SMILES string of the molecule is CCC1CCCC(Nc2ccc(S(=O)(=O)NC)c(N)c2)C1. The lowest BCUT2D eigenvalue weighted by Crippen LogP contribution is -2.27. The molecule has 118 valence electrons. The van der Waals surface area contributed by atoms with Crippen LogP contribution in [0.3, 0.4) is 0 Å². The van der Waals surface area contributed by atoms with Crippen molar-refractivity contribution in [3.05, 3.63) is 18.2 Å². The van der Waals surface area contributed by atoms with E-state index in [0.717, 1.165) is 18.0 Å². The van der Waals surface area contributed by atoms with Gasteiger partial charge in [-0.05, 0) is 44.0 Å². The van der Waals surface area contributed by atoms with Crippen molar-refractivity contribution in [3.63, 3.8) is 0 Å². The molecule has 1 aromatic rings. The van der Waals surface area contributed by atoms with Gasteiger partial charge in [-0.1, -0.05) is 26.2 Å². The number of hydrogen-bond acceptors (Lipinski definition) is 4. The number of sulfonamides is 1. The molecule has 1 fully saturated rings. The molecule has 2 atom stereocenters. The summed E-state index contributed by atoms with van der Waals surface area (Å²) in [4.78, 5) is 0.130. The van der Waals surface area contributed by atoms with Crippen LogP contribution in [0.2, 0.25) is 0 Å². The average molecular weight is 311 g/mol. The number of nitrogens with two attached hydrogens (primary N) is 1. The van der Waals surface area contributed by atoms with Crippen LogP contribution in [-0.2, 0) is 10.0 Å². The molecule has 0 amide bonds. The number of nitrogen functional groups attached to an aromatic ring is 1. The molecule has 1 aromatic carbocycles. The molecule has 0 radical (unpaired) electrons. The van der Waals surface area contributed by atoms with E-state index in [4.69, 9.17) is 5.73 Å². The summed E-state index contributed by atoms with van der Waals surface area (Å²) in [6.45, 7) is 2.24. The predicted octanol–water partition coefficient (Wildman–Crippen LogP) is 2.56. The Morgan fingerprint density at radius 1 is 1.33 bits per heavy atom. The van der Waals surface area contributed by atoms with Gasteiger partial charge in [0.05, 0.1) is 5.69 Å². The highest BCUT2D eigenvalue weighted by molar-refractivity contribution is 7.89. The zero-order valence-corrected chi connectivity index (χ0v) is 13.5. The van der Waals surface area contributed by atoms with Gasteiger partial charge in [0.1, 0.15) is 4.90 Å². The van der Waals surface area contributed by atoms with Crippen molar-refractivity contribution in [1.29, 1.82) is 0 Å². The van der Waals surface area contributed by atoms with Gasteiger partial charge in [-0.3, -0.25) is 0 Å². The fourth-order valence-electron chi connectivity index (χ4n) is 3.02. The first kappa shape index (κ1) is 16.1. The summed E-state index contributed by atoms with van der Waals surface area (Å²) >= 11 is 0. The number of hydrogen-bond donors (Lipinski definition) is 3. The first-order valence-corrected chi connectivity index (χ1v) is 9.04. The Balaban J connectivity index is 2.10. The molecule has 0 aliphatic heterocycles. The van der Waals surface area contributed by atoms with Gasteiger partial charge >= 0.3 is 0 Å². The molecule has 0 heterocycles. The minimum absolute atomic E-state index is 0.130. The monoisotopic (exact) mass is 311 g/mol. The topological polar surface area (TPSA) is 84.2 Å². The van der Waals surface area contributed by atoms with Gasteiger partial charge < -0.3 is 11.1 Å². The first-order chi connectivity index (χ1) is 9.96. The third kappa shape index (κ3) is 3.89. The van der Waals surface area contributed by atoms with Gasteiger partial charge in [-0.2, -0.15) is 0 Å². The third-order valence-electron chi connectivity index (χ3n) is 4.30. The summed E-state index contributed by atoms with van der Waals surface area (Å²) in [7, 11) is -2.11. The Morgan fingerprint density at radius 2 is 2.10 bits per heavy atom. The van der Waals surface area contributed by atoms with E-state index in [1.807, 2.05) is 0 Å². The van der Waals surface area contributed by atoms with Gasteiger partial charge in [0, 0.05) is 11.7 Å². The Morgan fingerprint density at radius 3 is 2.71 bits per heavy atom. The van der Waals surface area contributed by atoms with Gasteiger partial charge in [-0.15, -0.1) is 0 Å². The number of anilines is 2. The second kappa shape index (κ2) is 6.66. The molecular formula is C15H25N3O2S. The van der Waals surface area contributed by atoms with Crippen molar-refractivity contribution < 1.29 is 8.42 Å². The third-order valence-corrected chi connectivity index (χ3v) is 5.79. The maximum Gasteiger partial charge on any atom is 0.242 e. The summed E-state index contributed by atoms with van der Waals surface area (Å²) in [6, 6.07) is 5.51. The first-order valence-electron chi connectivity index (χ1n) is 7.56. The van der Waals surface area contributed by atoms with Crippen LogP contribution in [0, 0.1) is 5.92 Å². The second-order valence-corrected chi connectivity index (χ2v) is 7.60. The normalized spacial score (nSPS) is 23.0.